The molecule has 1 aliphatic rings. The van der Waals surface area contributed by atoms with Crippen molar-refractivity contribution in [2.45, 2.75) is 25.4 Å². The molecule has 1 unspecified atom stereocenters. The molecule has 1 heterocycles. The van der Waals surface area contributed by atoms with E-state index in [4.69, 9.17) is 5.26 Å². The molecular weight excluding hydrogens is 338 g/mol. The smallest absolute Gasteiger partial charge is 0.330 e. The SMILES string of the molecule is C=Cc1cc(CN2CCCC2)cc(C(Nc2ccc(C#N)cc2)C(=O)O)c1. The lowest BCUT2D eigenvalue weighted by Gasteiger charge is -2.20. The maximum absolute atomic E-state index is 11.9. The molecule has 0 aliphatic carbocycles. The number of nitrogens with one attached hydrogen (secondary N) is 1. The fourth-order valence-electron chi connectivity index (χ4n) is 3.42. The van der Waals surface area contributed by atoms with Crippen LogP contribution in [-0.2, 0) is 11.3 Å². The molecule has 2 aromatic carbocycles. The minimum atomic E-state index is -0.951. The molecule has 0 spiro atoms. The van der Waals surface area contributed by atoms with Crippen LogP contribution >= 0.6 is 0 Å². The molecule has 0 saturated carbocycles. The Hall–Kier alpha value is -3.10. The van der Waals surface area contributed by atoms with Crippen LogP contribution in [0.4, 0.5) is 5.69 Å². The van der Waals surface area contributed by atoms with E-state index in [1.165, 1.54) is 12.8 Å². The van der Waals surface area contributed by atoms with Crippen molar-refractivity contribution in [1.29, 1.82) is 5.26 Å². The molecule has 138 valence electrons. The summed E-state index contributed by atoms with van der Waals surface area (Å²) in [6, 6.07) is 13.8. The number of nitrogens with zero attached hydrogens (tertiary/aromatic N) is 2. The largest absolute Gasteiger partial charge is 0.479 e. The van der Waals surface area contributed by atoms with E-state index in [0.29, 0.717) is 16.8 Å². The van der Waals surface area contributed by atoms with Crippen LogP contribution in [-0.4, -0.2) is 29.1 Å². The fraction of sp³-hybridized carbons (Fsp3) is 0.273. The van der Waals surface area contributed by atoms with Crippen molar-refractivity contribution in [2.75, 3.05) is 18.4 Å². The van der Waals surface area contributed by atoms with Crippen LogP contribution in [0.15, 0.2) is 49.0 Å². The summed E-state index contributed by atoms with van der Waals surface area (Å²) in [6.45, 7) is 6.82. The van der Waals surface area contributed by atoms with Crippen LogP contribution < -0.4 is 5.32 Å². The Bertz CT molecular complexity index is 862. The van der Waals surface area contributed by atoms with Gasteiger partial charge in [-0.05, 0) is 73.0 Å². The van der Waals surface area contributed by atoms with Crippen LogP contribution in [0.2, 0.25) is 0 Å². The lowest BCUT2D eigenvalue weighted by atomic mass is 9.99. The maximum Gasteiger partial charge on any atom is 0.330 e. The van der Waals surface area contributed by atoms with Crippen molar-refractivity contribution < 1.29 is 9.90 Å². The monoisotopic (exact) mass is 361 g/mol. The van der Waals surface area contributed by atoms with Crippen LogP contribution in [0, 0.1) is 11.3 Å². The zero-order chi connectivity index (χ0) is 19.2. The summed E-state index contributed by atoms with van der Waals surface area (Å²) in [5.74, 6) is -0.951. The third-order valence-electron chi connectivity index (χ3n) is 4.78. The minimum Gasteiger partial charge on any atom is -0.479 e. The van der Waals surface area contributed by atoms with E-state index in [1.807, 2.05) is 12.1 Å². The average molecular weight is 361 g/mol. The summed E-state index contributed by atoms with van der Waals surface area (Å²) in [5, 5.41) is 21.7. The molecule has 1 fully saturated rings. The Morgan fingerprint density at radius 2 is 1.96 bits per heavy atom. The Labute approximate surface area is 159 Å². The van der Waals surface area contributed by atoms with Gasteiger partial charge in [-0.25, -0.2) is 4.79 Å². The molecule has 0 bridgehead atoms. The van der Waals surface area contributed by atoms with Crippen molar-refractivity contribution >= 4 is 17.7 Å². The quantitative estimate of drug-likeness (QED) is 0.778. The number of carboxylic acids is 1. The van der Waals surface area contributed by atoms with Crippen molar-refractivity contribution in [3.8, 4) is 6.07 Å². The van der Waals surface area contributed by atoms with Crippen LogP contribution in [0.25, 0.3) is 6.08 Å². The molecule has 1 aliphatic heterocycles. The van der Waals surface area contributed by atoms with Crippen LogP contribution in [0.3, 0.4) is 0 Å². The van der Waals surface area contributed by atoms with Crippen molar-refractivity contribution in [1.82, 2.24) is 4.90 Å². The number of rotatable bonds is 7. The highest BCUT2D eigenvalue weighted by Gasteiger charge is 2.21. The first-order valence-electron chi connectivity index (χ1n) is 9.07. The molecule has 5 heteroatoms. The van der Waals surface area contributed by atoms with Crippen molar-refractivity contribution in [3.05, 3.63) is 71.3 Å². The molecule has 2 N–H and O–H groups in total. The topological polar surface area (TPSA) is 76.4 Å². The van der Waals surface area contributed by atoms with Crippen LogP contribution in [0.5, 0.6) is 0 Å². The molecule has 3 rings (SSSR count). The number of anilines is 1. The number of benzene rings is 2. The summed E-state index contributed by atoms with van der Waals surface area (Å²) in [5.41, 5.74) is 3.89. The highest BCUT2D eigenvalue weighted by molar-refractivity contribution is 5.79. The zero-order valence-corrected chi connectivity index (χ0v) is 15.2. The Morgan fingerprint density at radius 1 is 1.26 bits per heavy atom. The fourth-order valence-corrected chi connectivity index (χ4v) is 3.42. The predicted molar refractivity (Wildman–Crippen MR) is 106 cm³/mol. The average Bonchev–Trinajstić information content (AvgIpc) is 3.19. The second-order valence-electron chi connectivity index (χ2n) is 6.80. The normalized spacial score (nSPS) is 15.1. The number of hydrogen-bond acceptors (Lipinski definition) is 4. The van der Waals surface area contributed by atoms with E-state index < -0.39 is 12.0 Å². The van der Waals surface area contributed by atoms with E-state index in [-0.39, 0.29) is 0 Å². The van der Waals surface area contributed by atoms with Gasteiger partial charge in [0.1, 0.15) is 0 Å². The van der Waals surface area contributed by atoms with Gasteiger partial charge in [0.15, 0.2) is 6.04 Å². The molecule has 1 atom stereocenters. The number of likely N-dealkylation sites (tertiary alicyclic amines) is 1. The van der Waals surface area contributed by atoms with E-state index in [0.717, 1.165) is 30.8 Å². The molecule has 0 aromatic heterocycles. The van der Waals surface area contributed by atoms with Crippen molar-refractivity contribution in [2.24, 2.45) is 0 Å². The lowest BCUT2D eigenvalue weighted by molar-refractivity contribution is -0.138. The molecule has 1 saturated heterocycles. The number of carboxylic acid groups (broad SMARTS) is 1. The number of aliphatic carboxylic acids is 1. The second kappa shape index (κ2) is 8.52. The molecular formula is C22H23N3O2. The predicted octanol–water partition coefficient (Wildman–Crippen LogP) is 4.03. The van der Waals surface area contributed by atoms with Gasteiger partial charge in [0, 0.05) is 12.2 Å². The third-order valence-corrected chi connectivity index (χ3v) is 4.78. The summed E-state index contributed by atoms with van der Waals surface area (Å²) >= 11 is 0. The number of carbonyl (C=O) groups is 1. The van der Waals surface area contributed by atoms with Crippen molar-refractivity contribution in [3.63, 3.8) is 0 Å². The second-order valence-corrected chi connectivity index (χ2v) is 6.80. The first-order chi connectivity index (χ1) is 13.1. The molecule has 0 radical (unpaired) electrons. The zero-order valence-electron chi connectivity index (χ0n) is 15.2. The van der Waals surface area contributed by atoms with E-state index >= 15 is 0 Å². The highest BCUT2D eigenvalue weighted by Crippen LogP contribution is 2.25. The van der Waals surface area contributed by atoms with Gasteiger partial charge < -0.3 is 10.4 Å². The molecule has 5 nitrogen and oxygen atoms in total. The third kappa shape index (κ3) is 4.75. The number of hydrogen-bond donors (Lipinski definition) is 2. The minimum absolute atomic E-state index is 0.536. The lowest BCUT2D eigenvalue weighted by Crippen LogP contribution is -2.22. The molecule has 27 heavy (non-hydrogen) atoms. The summed E-state index contributed by atoms with van der Waals surface area (Å²) in [4.78, 5) is 14.3. The molecule has 2 aromatic rings. The van der Waals surface area contributed by atoms with E-state index in [2.05, 4.69) is 28.9 Å². The van der Waals surface area contributed by atoms with Gasteiger partial charge in [-0.3, -0.25) is 4.90 Å². The van der Waals surface area contributed by atoms with Gasteiger partial charge in [-0.2, -0.15) is 5.26 Å². The molecule has 0 amide bonds. The Morgan fingerprint density at radius 3 is 2.56 bits per heavy atom. The van der Waals surface area contributed by atoms with Gasteiger partial charge in [0.2, 0.25) is 0 Å². The standard InChI is InChI=1S/C22H23N3O2/c1-2-16-11-18(15-25-9-3-4-10-25)13-19(12-16)21(22(26)27)24-20-7-5-17(14-23)6-8-20/h2,5-8,11-13,21,24H,1,3-4,9-10,15H2,(H,26,27). The van der Waals surface area contributed by atoms with Crippen LogP contribution in [0.1, 0.15) is 41.1 Å². The summed E-state index contributed by atoms with van der Waals surface area (Å²) < 4.78 is 0. The maximum atomic E-state index is 11.9. The van der Waals surface area contributed by atoms with Gasteiger partial charge in [0.25, 0.3) is 0 Å². The Balaban J connectivity index is 1.87. The van der Waals surface area contributed by atoms with Gasteiger partial charge in [-0.15, -0.1) is 0 Å². The van der Waals surface area contributed by atoms with E-state index in [9.17, 15) is 9.90 Å². The van der Waals surface area contributed by atoms with Gasteiger partial charge in [0.05, 0.1) is 11.6 Å². The number of nitriles is 1. The van der Waals surface area contributed by atoms with Gasteiger partial charge >= 0.3 is 5.97 Å². The van der Waals surface area contributed by atoms with E-state index in [1.54, 1.807) is 30.3 Å². The van der Waals surface area contributed by atoms with Gasteiger partial charge in [-0.1, -0.05) is 24.8 Å². The summed E-state index contributed by atoms with van der Waals surface area (Å²) in [6.07, 6.45) is 4.18. The first kappa shape index (κ1) is 18.7. The first-order valence-corrected chi connectivity index (χ1v) is 9.07. The Kier molecular flexibility index (Phi) is 5.90. The highest BCUT2D eigenvalue weighted by atomic mass is 16.4. The summed E-state index contributed by atoms with van der Waals surface area (Å²) in [7, 11) is 0.